The predicted octanol–water partition coefficient (Wildman–Crippen LogP) is 4.23. The predicted molar refractivity (Wildman–Crippen MR) is 118 cm³/mol. The number of hydrogen-bond donors (Lipinski definition) is 0. The van der Waals surface area contributed by atoms with E-state index in [9.17, 15) is 19.7 Å². The molecule has 0 saturated heterocycles. The van der Waals surface area contributed by atoms with Crippen molar-refractivity contribution in [2.24, 2.45) is 0 Å². The maximum atomic E-state index is 13.6. The van der Waals surface area contributed by atoms with Crippen molar-refractivity contribution < 1.29 is 14.1 Å². The summed E-state index contributed by atoms with van der Waals surface area (Å²) < 4.78 is 5.96. The lowest BCUT2D eigenvalue weighted by molar-refractivity contribution is -0.384. The number of anilines is 1. The third-order valence-corrected chi connectivity index (χ3v) is 6.47. The van der Waals surface area contributed by atoms with Gasteiger partial charge in [0.15, 0.2) is 5.43 Å². The van der Waals surface area contributed by atoms with Crippen LogP contribution in [0.3, 0.4) is 0 Å². The van der Waals surface area contributed by atoms with E-state index in [1.165, 1.54) is 40.5 Å². The Balaban J connectivity index is 1.80. The van der Waals surface area contributed by atoms with Crippen molar-refractivity contribution >= 4 is 39.0 Å². The van der Waals surface area contributed by atoms with Gasteiger partial charge in [0.05, 0.1) is 21.9 Å². The highest BCUT2D eigenvalue weighted by Crippen LogP contribution is 2.42. The van der Waals surface area contributed by atoms with E-state index < -0.39 is 16.9 Å². The summed E-state index contributed by atoms with van der Waals surface area (Å²) in [5.41, 5.74) is 2.52. The van der Waals surface area contributed by atoms with Gasteiger partial charge in [0.25, 0.3) is 11.6 Å². The standard InChI is InChI=1S/C22H16N4O5S/c1-10-8-15-16(9-11(10)2)31-20-17(19(15)27)18(13-4-6-14(7-5-13)26(29)30)25(21(20)28)22-24-23-12(3)32-22/h4-9,18H,1-3H3. The number of nitrogens with zero attached hydrogens (tertiary/aromatic N) is 4. The van der Waals surface area contributed by atoms with E-state index in [1.807, 2.05) is 13.8 Å². The molecular weight excluding hydrogens is 432 g/mol. The Labute approximate surface area is 185 Å². The van der Waals surface area contributed by atoms with Crippen molar-refractivity contribution in [2.75, 3.05) is 4.90 Å². The number of hydrogen-bond acceptors (Lipinski definition) is 8. The van der Waals surface area contributed by atoms with Crippen LogP contribution in [0.25, 0.3) is 11.0 Å². The van der Waals surface area contributed by atoms with E-state index in [4.69, 9.17) is 4.42 Å². The molecule has 0 fully saturated rings. The first-order chi connectivity index (χ1) is 15.3. The molecule has 0 saturated carbocycles. The minimum Gasteiger partial charge on any atom is -0.450 e. The SMILES string of the molecule is Cc1nnc(N2C(=O)c3oc4cc(C)c(C)cc4c(=O)c3C2c2ccc([N+](=O)[O-])cc2)s1. The fourth-order valence-corrected chi connectivity index (χ4v) is 4.62. The molecule has 0 bridgehead atoms. The lowest BCUT2D eigenvalue weighted by Crippen LogP contribution is -2.29. The molecule has 4 aromatic rings. The van der Waals surface area contributed by atoms with E-state index in [1.54, 1.807) is 19.1 Å². The van der Waals surface area contributed by atoms with E-state index in [0.29, 0.717) is 26.7 Å². The zero-order valence-electron chi connectivity index (χ0n) is 17.3. The summed E-state index contributed by atoms with van der Waals surface area (Å²) in [6, 6.07) is 8.43. The smallest absolute Gasteiger partial charge is 0.297 e. The minimum absolute atomic E-state index is 0.0537. The molecule has 1 atom stereocenters. The van der Waals surface area contributed by atoms with E-state index in [0.717, 1.165) is 11.1 Å². The molecular formula is C22H16N4O5S. The highest BCUT2D eigenvalue weighted by atomic mass is 32.1. The molecule has 0 spiro atoms. The Hall–Kier alpha value is -3.92. The van der Waals surface area contributed by atoms with Crippen LogP contribution >= 0.6 is 11.3 Å². The van der Waals surface area contributed by atoms with Crippen LogP contribution in [0.5, 0.6) is 0 Å². The largest absolute Gasteiger partial charge is 0.450 e. The van der Waals surface area contributed by atoms with Gasteiger partial charge >= 0.3 is 0 Å². The topological polar surface area (TPSA) is 119 Å². The van der Waals surface area contributed by atoms with Crippen molar-refractivity contribution in [1.29, 1.82) is 0 Å². The Morgan fingerprint density at radius 2 is 1.75 bits per heavy atom. The van der Waals surface area contributed by atoms with Crippen LogP contribution in [-0.2, 0) is 0 Å². The van der Waals surface area contributed by atoms with Crippen molar-refractivity contribution in [3.8, 4) is 0 Å². The van der Waals surface area contributed by atoms with Gasteiger partial charge in [-0.25, -0.2) is 0 Å². The van der Waals surface area contributed by atoms with E-state index in [2.05, 4.69) is 10.2 Å². The second kappa shape index (κ2) is 7.06. The van der Waals surface area contributed by atoms with Crippen LogP contribution in [-0.4, -0.2) is 21.0 Å². The lowest BCUT2D eigenvalue weighted by atomic mass is 9.97. The molecule has 2 aromatic heterocycles. The van der Waals surface area contributed by atoms with Crippen LogP contribution in [0.1, 0.15) is 43.9 Å². The Kier molecular flexibility index (Phi) is 4.41. The van der Waals surface area contributed by atoms with Gasteiger partial charge in [-0.05, 0) is 61.7 Å². The van der Waals surface area contributed by atoms with E-state index >= 15 is 0 Å². The molecule has 1 aliphatic rings. The number of nitro groups is 1. The summed E-state index contributed by atoms with van der Waals surface area (Å²) in [5.74, 6) is -0.557. The zero-order valence-corrected chi connectivity index (χ0v) is 18.1. The average molecular weight is 448 g/mol. The molecule has 5 rings (SSSR count). The number of aromatic nitrogens is 2. The highest BCUT2D eigenvalue weighted by molar-refractivity contribution is 7.15. The van der Waals surface area contributed by atoms with Gasteiger partial charge in [0, 0.05) is 12.1 Å². The van der Waals surface area contributed by atoms with Crippen LogP contribution in [0, 0.1) is 30.9 Å². The monoisotopic (exact) mass is 448 g/mol. The van der Waals surface area contributed by atoms with Crippen LogP contribution < -0.4 is 10.3 Å². The number of amides is 1. The molecule has 9 nitrogen and oxygen atoms in total. The van der Waals surface area contributed by atoms with Crippen molar-refractivity contribution in [1.82, 2.24) is 10.2 Å². The number of nitro benzene ring substituents is 1. The molecule has 1 unspecified atom stereocenters. The van der Waals surface area contributed by atoms with Gasteiger partial charge in [-0.15, -0.1) is 10.2 Å². The van der Waals surface area contributed by atoms with Gasteiger partial charge in [0.2, 0.25) is 10.9 Å². The second-order valence-corrected chi connectivity index (χ2v) is 8.80. The van der Waals surface area contributed by atoms with Crippen molar-refractivity contribution in [3.63, 3.8) is 0 Å². The summed E-state index contributed by atoms with van der Waals surface area (Å²) in [4.78, 5) is 39.0. The van der Waals surface area contributed by atoms with Crippen LogP contribution in [0.15, 0.2) is 45.6 Å². The summed E-state index contributed by atoms with van der Waals surface area (Å²) >= 11 is 1.21. The number of carbonyl (C=O) groups excluding carboxylic acids is 1. The van der Waals surface area contributed by atoms with Gasteiger partial charge in [-0.1, -0.05) is 11.3 Å². The fourth-order valence-electron chi connectivity index (χ4n) is 3.90. The molecule has 32 heavy (non-hydrogen) atoms. The minimum atomic E-state index is -0.840. The number of aryl methyl sites for hydroxylation is 3. The Morgan fingerprint density at radius 3 is 2.38 bits per heavy atom. The van der Waals surface area contributed by atoms with Crippen molar-refractivity contribution in [2.45, 2.75) is 26.8 Å². The highest BCUT2D eigenvalue weighted by Gasteiger charge is 2.45. The third-order valence-electron chi connectivity index (χ3n) is 5.63. The fraction of sp³-hybridized carbons (Fsp3) is 0.182. The Morgan fingerprint density at radius 1 is 1.06 bits per heavy atom. The number of rotatable bonds is 3. The number of fused-ring (bicyclic) bond motifs is 2. The molecule has 1 amide bonds. The zero-order chi connectivity index (χ0) is 22.7. The van der Waals surface area contributed by atoms with E-state index in [-0.39, 0.29) is 22.4 Å². The molecule has 1 aliphatic heterocycles. The summed E-state index contributed by atoms with van der Waals surface area (Å²) in [7, 11) is 0. The summed E-state index contributed by atoms with van der Waals surface area (Å²) in [5, 5.41) is 20.5. The molecule has 0 aliphatic carbocycles. The molecule has 160 valence electrons. The molecule has 0 radical (unpaired) electrons. The number of benzene rings is 2. The summed E-state index contributed by atoms with van der Waals surface area (Å²) in [6.45, 7) is 5.57. The van der Waals surface area contributed by atoms with Crippen LogP contribution in [0.4, 0.5) is 10.8 Å². The maximum absolute atomic E-state index is 13.6. The molecule has 10 heteroatoms. The first-order valence-electron chi connectivity index (χ1n) is 9.72. The average Bonchev–Trinajstić information content (AvgIpc) is 3.31. The third kappa shape index (κ3) is 2.91. The number of carbonyl (C=O) groups is 1. The van der Waals surface area contributed by atoms with Gasteiger partial charge in [-0.3, -0.25) is 24.6 Å². The summed E-state index contributed by atoms with van der Waals surface area (Å²) in [6.07, 6.45) is 0. The Bertz CT molecular complexity index is 1490. The lowest BCUT2D eigenvalue weighted by Gasteiger charge is -2.21. The molecule has 3 heterocycles. The number of non-ortho nitro benzene ring substituents is 1. The first kappa shape index (κ1) is 20.0. The molecule has 0 N–H and O–H groups in total. The second-order valence-electron chi connectivity index (χ2n) is 7.64. The quantitative estimate of drug-likeness (QED) is 0.340. The van der Waals surface area contributed by atoms with Crippen molar-refractivity contribution in [3.05, 3.63) is 89.8 Å². The van der Waals surface area contributed by atoms with Gasteiger partial charge in [-0.2, -0.15) is 0 Å². The van der Waals surface area contributed by atoms with Gasteiger partial charge < -0.3 is 4.42 Å². The molecule has 2 aromatic carbocycles. The maximum Gasteiger partial charge on any atom is 0.297 e. The normalized spacial score (nSPS) is 15.4. The van der Waals surface area contributed by atoms with Gasteiger partial charge in [0.1, 0.15) is 10.6 Å². The first-order valence-corrected chi connectivity index (χ1v) is 10.5. The van der Waals surface area contributed by atoms with Crippen LogP contribution in [0.2, 0.25) is 0 Å².